The normalized spacial score (nSPS) is 24.2. The van der Waals surface area contributed by atoms with Crippen LogP contribution in [-0.4, -0.2) is 42.2 Å². The molecule has 1 rings (SSSR count). The van der Waals surface area contributed by atoms with E-state index in [4.69, 9.17) is 17.1 Å². The van der Waals surface area contributed by atoms with Gasteiger partial charge in [-0.25, -0.2) is 0 Å². The van der Waals surface area contributed by atoms with Crippen molar-refractivity contribution >= 4 is 35.9 Å². The quantitative estimate of drug-likeness (QED) is 0.701. The summed E-state index contributed by atoms with van der Waals surface area (Å²) in [6.45, 7) is 13.1. The van der Waals surface area contributed by atoms with Gasteiger partial charge in [0.1, 0.15) is 6.29 Å². The van der Waals surface area contributed by atoms with Crippen molar-refractivity contribution in [3.63, 3.8) is 0 Å². The number of hydrogen-bond donors (Lipinski definition) is 0. The summed E-state index contributed by atoms with van der Waals surface area (Å²) in [5, 5.41) is 0. The molecule has 8 heteroatoms. The monoisotopic (exact) mass is 324 g/mol. The third kappa shape index (κ3) is 5.78. The minimum absolute atomic E-state index is 0.0717. The second kappa shape index (κ2) is 7.48. The third-order valence-electron chi connectivity index (χ3n) is 2.49. The highest BCUT2D eigenvalue weighted by molar-refractivity contribution is 6.75. The molecule has 0 aromatic rings. The number of hydrogen-bond acceptors (Lipinski definition) is 4. The molecule has 1 heterocycles. The second-order valence-corrected chi connectivity index (χ2v) is 16.2. The van der Waals surface area contributed by atoms with Crippen molar-refractivity contribution in [2.75, 3.05) is 0 Å². The van der Waals surface area contributed by atoms with Gasteiger partial charge in [-0.2, -0.15) is 0 Å². The average Bonchev–Trinajstić information content (AvgIpc) is 2.12. The molecule has 1 aliphatic rings. The molecule has 1 atom stereocenters. The molecule has 0 aromatic carbocycles. The molecule has 0 bridgehead atoms. The smallest absolute Gasteiger partial charge is 0.419 e. The predicted octanol–water partition coefficient (Wildman–Crippen LogP) is 2.06. The SMILES string of the molecule is C[SiH](C)OC1CCC[Si](O[SiH](C)C)(O[SiH](C)C)O1. The Hall–Kier alpha value is 0.708. The van der Waals surface area contributed by atoms with Crippen LogP contribution in [0.3, 0.4) is 0 Å². The molecular weight excluding hydrogens is 296 g/mol. The minimum Gasteiger partial charge on any atom is -0.419 e. The van der Waals surface area contributed by atoms with Gasteiger partial charge in [0.25, 0.3) is 0 Å². The van der Waals surface area contributed by atoms with E-state index in [9.17, 15) is 0 Å². The molecule has 0 N–H and O–H groups in total. The van der Waals surface area contributed by atoms with Crippen molar-refractivity contribution < 1.29 is 17.1 Å². The lowest BCUT2D eigenvalue weighted by atomic mass is 10.3. The molecule has 0 saturated carbocycles. The molecule has 1 fully saturated rings. The Bertz CT molecular complexity index is 240. The van der Waals surface area contributed by atoms with E-state index in [1.165, 1.54) is 0 Å². The third-order valence-corrected chi connectivity index (χ3v) is 11.6. The Labute approximate surface area is 118 Å². The van der Waals surface area contributed by atoms with Crippen LogP contribution < -0.4 is 0 Å². The van der Waals surface area contributed by atoms with Gasteiger partial charge in [0.15, 0.2) is 27.1 Å². The Kier molecular flexibility index (Phi) is 6.96. The minimum atomic E-state index is -2.42. The van der Waals surface area contributed by atoms with Gasteiger partial charge < -0.3 is 17.1 Å². The van der Waals surface area contributed by atoms with Gasteiger partial charge in [-0.3, -0.25) is 0 Å². The Morgan fingerprint density at radius 2 is 1.50 bits per heavy atom. The summed E-state index contributed by atoms with van der Waals surface area (Å²) >= 11 is 0. The van der Waals surface area contributed by atoms with Gasteiger partial charge >= 0.3 is 8.80 Å². The highest BCUT2D eigenvalue weighted by atomic mass is 28.5. The lowest BCUT2D eigenvalue weighted by Gasteiger charge is -2.40. The van der Waals surface area contributed by atoms with E-state index in [0.717, 1.165) is 18.9 Å². The molecule has 0 radical (unpaired) electrons. The summed E-state index contributed by atoms with van der Waals surface area (Å²) in [4.78, 5) is 0. The maximum atomic E-state index is 6.20. The maximum Gasteiger partial charge on any atom is 0.481 e. The highest BCUT2D eigenvalue weighted by Gasteiger charge is 2.47. The predicted molar refractivity (Wildman–Crippen MR) is 84.6 cm³/mol. The van der Waals surface area contributed by atoms with Crippen LogP contribution >= 0.6 is 0 Å². The largest absolute Gasteiger partial charge is 0.481 e. The van der Waals surface area contributed by atoms with Gasteiger partial charge in [0, 0.05) is 6.04 Å². The molecule has 1 unspecified atom stereocenters. The van der Waals surface area contributed by atoms with E-state index in [2.05, 4.69) is 39.3 Å². The molecule has 1 aliphatic heterocycles. The number of rotatable bonds is 6. The first-order valence-electron chi connectivity index (χ1n) is 7.02. The fourth-order valence-corrected chi connectivity index (χ4v) is 12.2. The Morgan fingerprint density at radius 1 is 0.944 bits per heavy atom. The second-order valence-electron chi connectivity index (χ2n) is 5.64. The fourth-order valence-electron chi connectivity index (χ4n) is 2.12. The summed E-state index contributed by atoms with van der Waals surface area (Å²) in [7, 11) is -5.77. The average molecular weight is 325 g/mol. The molecular formula is C10H28O4Si4. The molecule has 0 spiro atoms. The summed E-state index contributed by atoms with van der Waals surface area (Å²) in [6, 6.07) is 0.975. The van der Waals surface area contributed by atoms with Crippen LogP contribution in [0.2, 0.25) is 45.3 Å². The van der Waals surface area contributed by atoms with Gasteiger partial charge in [-0.15, -0.1) is 0 Å². The summed E-state index contributed by atoms with van der Waals surface area (Å²) in [5.41, 5.74) is 0. The van der Waals surface area contributed by atoms with Crippen molar-refractivity contribution in [3.05, 3.63) is 0 Å². The van der Waals surface area contributed by atoms with Crippen LogP contribution in [0.5, 0.6) is 0 Å². The fraction of sp³-hybridized carbons (Fsp3) is 1.00. The van der Waals surface area contributed by atoms with E-state index < -0.39 is 35.9 Å². The summed E-state index contributed by atoms with van der Waals surface area (Å²) in [6.07, 6.45) is 2.03. The summed E-state index contributed by atoms with van der Waals surface area (Å²) in [5.74, 6) is 0. The van der Waals surface area contributed by atoms with Crippen molar-refractivity contribution in [3.8, 4) is 0 Å². The van der Waals surface area contributed by atoms with Crippen molar-refractivity contribution in [1.29, 1.82) is 0 Å². The molecule has 0 aliphatic carbocycles. The van der Waals surface area contributed by atoms with E-state index in [1.54, 1.807) is 0 Å². The molecule has 4 nitrogen and oxygen atoms in total. The lowest BCUT2D eigenvalue weighted by molar-refractivity contribution is -0.0558. The Morgan fingerprint density at radius 3 is 1.94 bits per heavy atom. The van der Waals surface area contributed by atoms with E-state index >= 15 is 0 Å². The maximum absolute atomic E-state index is 6.20. The highest BCUT2D eigenvalue weighted by Crippen LogP contribution is 2.30. The first-order valence-corrected chi connectivity index (χ1v) is 17.3. The van der Waals surface area contributed by atoms with Crippen LogP contribution in [0.15, 0.2) is 0 Å². The van der Waals surface area contributed by atoms with Crippen LogP contribution in [0, 0.1) is 0 Å². The molecule has 0 amide bonds. The molecule has 108 valence electrons. The first-order chi connectivity index (χ1) is 8.33. The lowest BCUT2D eigenvalue weighted by Crippen LogP contribution is -2.55. The first kappa shape index (κ1) is 16.8. The van der Waals surface area contributed by atoms with E-state index in [1.807, 2.05) is 0 Å². The van der Waals surface area contributed by atoms with Gasteiger partial charge in [0.05, 0.1) is 0 Å². The van der Waals surface area contributed by atoms with Crippen LogP contribution in [0.1, 0.15) is 12.8 Å². The standard InChI is InChI=1S/C10H28O4Si4/c1-15(2)11-10-8-7-9-18(12-10,13-16(3)4)14-17(5)6/h10,15-17H,7-9H2,1-6H3. The van der Waals surface area contributed by atoms with Crippen LogP contribution in [0.4, 0.5) is 0 Å². The summed E-state index contributed by atoms with van der Waals surface area (Å²) < 4.78 is 24.5. The van der Waals surface area contributed by atoms with E-state index in [0.29, 0.717) is 0 Å². The van der Waals surface area contributed by atoms with Gasteiger partial charge in [0.2, 0.25) is 0 Å². The van der Waals surface area contributed by atoms with Crippen LogP contribution in [-0.2, 0) is 17.1 Å². The van der Waals surface area contributed by atoms with Gasteiger partial charge in [-0.05, 0) is 52.1 Å². The zero-order chi connectivity index (χ0) is 13.8. The molecule has 0 aromatic heterocycles. The molecule has 1 saturated heterocycles. The van der Waals surface area contributed by atoms with Crippen molar-refractivity contribution in [1.82, 2.24) is 0 Å². The topological polar surface area (TPSA) is 36.9 Å². The van der Waals surface area contributed by atoms with Gasteiger partial charge in [-0.1, -0.05) is 0 Å². The zero-order valence-corrected chi connectivity index (χ0v) is 17.0. The van der Waals surface area contributed by atoms with E-state index in [-0.39, 0.29) is 6.29 Å². The zero-order valence-electron chi connectivity index (χ0n) is 12.6. The van der Waals surface area contributed by atoms with Crippen LogP contribution in [0.25, 0.3) is 0 Å². The molecule has 18 heavy (non-hydrogen) atoms. The van der Waals surface area contributed by atoms with Crippen molar-refractivity contribution in [2.45, 2.75) is 64.5 Å². The van der Waals surface area contributed by atoms with Crippen molar-refractivity contribution in [2.24, 2.45) is 0 Å². The Balaban J connectivity index is 2.69.